The first-order valence-electron chi connectivity index (χ1n) is 6.06. The van der Waals surface area contributed by atoms with E-state index in [4.69, 9.17) is 4.74 Å². The molecular weight excluding hydrogens is 216 g/mol. The van der Waals surface area contributed by atoms with E-state index in [9.17, 15) is 9.90 Å². The molecule has 1 aromatic carbocycles. The van der Waals surface area contributed by atoms with E-state index < -0.39 is 0 Å². The number of aromatic hydroxyl groups is 1. The van der Waals surface area contributed by atoms with Crippen LogP contribution in [0.15, 0.2) is 24.3 Å². The van der Waals surface area contributed by atoms with Gasteiger partial charge in [-0.1, -0.05) is 18.6 Å². The van der Waals surface area contributed by atoms with Crippen molar-refractivity contribution >= 4 is 5.97 Å². The van der Waals surface area contributed by atoms with Crippen molar-refractivity contribution in [2.45, 2.75) is 31.6 Å². The van der Waals surface area contributed by atoms with Gasteiger partial charge in [0.1, 0.15) is 5.75 Å². The van der Waals surface area contributed by atoms with Crippen LogP contribution in [0.5, 0.6) is 5.75 Å². The summed E-state index contributed by atoms with van der Waals surface area (Å²) in [5, 5.41) is 9.51. The highest BCUT2D eigenvalue weighted by molar-refractivity contribution is 5.70. The fourth-order valence-corrected chi connectivity index (χ4v) is 2.42. The predicted molar refractivity (Wildman–Crippen MR) is 64.8 cm³/mol. The molecule has 0 spiro atoms. The molecule has 0 saturated heterocycles. The Morgan fingerprint density at radius 3 is 2.82 bits per heavy atom. The molecule has 17 heavy (non-hydrogen) atoms. The van der Waals surface area contributed by atoms with Crippen LogP contribution in [0.3, 0.4) is 0 Å². The van der Waals surface area contributed by atoms with Crippen LogP contribution in [0, 0.1) is 5.92 Å². The average molecular weight is 234 g/mol. The summed E-state index contributed by atoms with van der Waals surface area (Å²) in [5.74, 6) is 0.820. The number of hydrogen-bond donors (Lipinski definition) is 1. The zero-order valence-corrected chi connectivity index (χ0v) is 10.1. The minimum absolute atomic E-state index is 0.176. The maximum absolute atomic E-state index is 11.4. The summed E-state index contributed by atoms with van der Waals surface area (Å²) in [6, 6.07) is 7.21. The monoisotopic (exact) mass is 234 g/mol. The second kappa shape index (κ2) is 5.21. The first-order valence-corrected chi connectivity index (χ1v) is 6.06. The normalized spacial score (nSPS) is 17.2. The van der Waals surface area contributed by atoms with Crippen LogP contribution >= 0.6 is 0 Å². The molecule has 1 saturated carbocycles. The number of carbonyl (C=O) groups excluding carboxylic acids is 1. The maximum Gasteiger partial charge on any atom is 0.306 e. The lowest BCUT2D eigenvalue weighted by Gasteiger charge is -2.33. The Hall–Kier alpha value is -1.51. The summed E-state index contributed by atoms with van der Waals surface area (Å²) in [6.07, 6.45) is 3.97. The van der Waals surface area contributed by atoms with E-state index in [1.165, 1.54) is 13.5 Å². The molecular formula is C14H18O3. The standard InChI is InChI=1S/C14H18O3/c1-17-14(16)9-13(10-4-2-5-10)11-6-3-7-12(15)8-11/h3,6-8,10,13,15H,2,4-5,9H2,1H3/t13-/m1/s1. The summed E-state index contributed by atoms with van der Waals surface area (Å²) >= 11 is 0. The van der Waals surface area contributed by atoms with E-state index in [2.05, 4.69) is 0 Å². The number of phenols is 1. The molecule has 0 bridgehead atoms. The van der Waals surface area contributed by atoms with E-state index in [0.29, 0.717) is 12.3 Å². The van der Waals surface area contributed by atoms with Gasteiger partial charge in [0.2, 0.25) is 0 Å². The molecule has 0 heterocycles. The van der Waals surface area contributed by atoms with Gasteiger partial charge in [0.15, 0.2) is 0 Å². The Morgan fingerprint density at radius 1 is 1.53 bits per heavy atom. The molecule has 1 N–H and O–H groups in total. The van der Waals surface area contributed by atoms with Gasteiger partial charge in [-0.3, -0.25) is 4.79 Å². The van der Waals surface area contributed by atoms with E-state index in [1.54, 1.807) is 12.1 Å². The number of phenolic OH excluding ortho intramolecular Hbond substituents is 1. The van der Waals surface area contributed by atoms with Gasteiger partial charge in [-0.05, 0) is 42.4 Å². The van der Waals surface area contributed by atoms with Crippen LogP contribution in [0.2, 0.25) is 0 Å². The van der Waals surface area contributed by atoms with Crippen LogP contribution in [-0.2, 0) is 9.53 Å². The molecule has 0 amide bonds. The molecule has 1 fully saturated rings. The van der Waals surface area contributed by atoms with E-state index in [1.807, 2.05) is 12.1 Å². The molecule has 1 aliphatic carbocycles. The fourth-order valence-electron chi connectivity index (χ4n) is 2.42. The predicted octanol–water partition coefficient (Wildman–Crippen LogP) is 2.84. The molecule has 0 radical (unpaired) electrons. The average Bonchev–Trinajstić information content (AvgIpc) is 2.25. The molecule has 1 aliphatic rings. The molecule has 0 unspecified atom stereocenters. The molecule has 3 heteroatoms. The first kappa shape index (κ1) is 12.0. The van der Waals surface area contributed by atoms with E-state index in [0.717, 1.165) is 18.4 Å². The van der Waals surface area contributed by atoms with Gasteiger partial charge in [0, 0.05) is 0 Å². The SMILES string of the molecule is COC(=O)C[C@@H](c1cccc(O)c1)C1CCC1. The van der Waals surface area contributed by atoms with Crippen LogP contribution in [0.1, 0.15) is 37.2 Å². The Balaban J connectivity index is 2.17. The molecule has 1 atom stereocenters. The summed E-state index contributed by atoms with van der Waals surface area (Å²) < 4.78 is 4.75. The number of carbonyl (C=O) groups is 1. The van der Waals surface area contributed by atoms with Gasteiger partial charge in [0.05, 0.1) is 13.5 Å². The van der Waals surface area contributed by atoms with Crippen LogP contribution in [0.25, 0.3) is 0 Å². The zero-order chi connectivity index (χ0) is 12.3. The van der Waals surface area contributed by atoms with Crippen molar-refractivity contribution in [2.75, 3.05) is 7.11 Å². The van der Waals surface area contributed by atoms with Crippen LogP contribution in [-0.4, -0.2) is 18.2 Å². The van der Waals surface area contributed by atoms with Gasteiger partial charge in [0.25, 0.3) is 0 Å². The summed E-state index contributed by atoms with van der Waals surface area (Å²) in [4.78, 5) is 11.4. The van der Waals surface area contributed by atoms with Crippen molar-refractivity contribution in [1.29, 1.82) is 0 Å². The smallest absolute Gasteiger partial charge is 0.306 e. The minimum atomic E-state index is -0.176. The van der Waals surface area contributed by atoms with E-state index in [-0.39, 0.29) is 17.6 Å². The highest BCUT2D eigenvalue weighted by Crippen LogP contribution is 2.41. The molecule has 92 valence electrons. The lowest BCUT2D eigenvalue weighted by atomic mass is 9.71. The third-order valence-corrected chi connectivity index (χ3v) is 3.63. The van der Waals surface area contributed by atoms with Crippen LogP contribution < -0.4 is 0 Å². The van der Waals surface area contributed by atoms with Gasteiger partial charge in [-0.15, -0.1) is 0 Å². The van der Waals surface area contributed by atoms with Gasteiger partial charge in [-0.25, -0.2) is 0 Å². The number of ether oxygens (including phenoxy) is 1. The topological polar surface area (TPSA) is 46.5 Å². The Bertz CT molecular complexity index is 396. The second-order valence-electron chi connectivity index (χ2n) is 4.67. The van der Waals surface area contributed by atoms with Gasteiger partial charge < -0.3 is 9.84 Å². The third-order valence-electron chi connectivity index (χ3n) is 3.63. The van der Waals surface area contributed by atoms with Crippen molar-refractivity contribution in [3.63, 3.8) is 0 Å². The number of hydrogen-bond acceptors (Lipinski definition) is 3. The Labute approximate surface area is 101 Å². The fraction of sp³-hybridized carbons (Fsp3) is 0.500. The molecule has 2 rings (SSSR count). The van der Waals surface area contributed by atoms with Gasteiger partial charge >= 0.3 is 5.97 Å². The number of methoxy groups -OCH3 is 1. The van der Waals surface area contributed by atoms with Gasteiger partial charge in [-0.2, -0.15) is 0 Å². The second-order valence-corrected chi connectivity index (χ2v) is 4.67. The maximum atomic E-state index is 11.4. The highest BCUT2D eigenvalue weighted by atomic mass is 16.5. The van der Waals surface area contributed by atoms with Crippen molar-refractivity contribution in [1.82, 2.24) is 0 Å². The Kier molecular flexibility index (Phi) is 3.67. The summed E-state index contributed by atoms with van der Waals surface area (Å²) in [6.45, 7) is 0. The lowest BCUT2D eigenvalue weighted by molar-refractivity contribution is -0.141. The molecule has 0 aromatic heterocycles. The Morgan fingerprint density at radius 2 is 2.29 bits per heavy atom. The molecule has 0 aliphatic heterocycles. The van der Waals surface area contributed by atoms with E-state index >= 15 is 0 Å². The quantitative estimate of drug-likeness (QED) is 0.815. The van der Waals surface area contributed by atoms with Crippen molar-refractivity contribution in [2.24, 2.45) is 5.92 Å². The number of benzene rings is 1. The third kappa shape index (κ3) is 2.78. The zero-order valence-electron chi connectivity index (χ0n) is 10.1. The molecule has 1 aromatic rings. The minimum Gasteiger partial charge on any atom is -0.508 e. The number of esters is 1. The number of rotatable bonds is 4. The highest BCUT2D eigenvalue weighted by Gasteiger charge is 2.30. The molecule has 3 nitrogen and oxygen atoms in total. The first-order chi connectivity index (χ1) is 8.20. The summed E-state index contributed by atoms with van der Waals surface area (Å²) in [5.41, 5.74) is 1.04. The lowest BCUT2D eigenvalue weighted by Crippen LogP contribution is -2.23. The van der Waals surface area contributed by atoms with Crippen molar-refractivity contribution < 1.29 is 14.6 Å². The van der Waals surface area contributed by atoms with Crippen LogP contribution in [0.4, 0.5) is 0 Å². The van der Waals surface area contributed by atoms with Crippen molar-refractivity contribution in [3.8, 4) is 5.75 Å². The largest absolute Gasteiger partial charge is 0.508 e. The summed E-state index contributed by atoms with van der Waals surface area (Å²) in [7, 11) is 1.42. The van der Waals surface area contributed by atoms with Crippen molar-refractivity contribution in [3.05, 3.63) is 29.8 Å².